The van der Waals surface area contributed by atoms with Gasteiger partial charge in [-0.2, -0.15) is 0 Å². The first-order chi connectivity index (χ1) is 15.5. The highest BCUT2D eigenvalue weighted by Gasteiger charge is 2.35. The van der Waals surface area contributed by atoms with Crippen LogP contribution in [0.3, 0.4) is 0 Å². The molecule has 3 aromatic carbocycles. The number of aryl methyl sites for hydroxylation is 2. The summed E-state index contributed by atoms with van der Waals surface area (Å²) in [6, 6.07) is 25.2. The van der Waals surface area contributed by atoms with Gasteiger partial charge in [0.25, 0.3) is 0 Å². The number of rotatable bonds is 4. The average molecular weight is 423 g/mol. The second kappa shape index (κ2) is 7.83. The van der Waals surface area contributed by atoms with Gasteiger partial charge in [-0.15, -0.1) is 0 Å². The van der Waals surface area contributed by atoms with E-state index >= 15 is 0 Å². The molecule has 0 fully saturated rings. The third kappa shape index (κ3) is 3.64. The number of hydrogen-bond donors (Lipinski definition) is 0. The molecular formula is C27H28N5+. The molecule has 0 unspecified atom stereocenters. The molecule has 0 saturated heterocycles. The first-order valence-corrected chi connectivity index (χ1v) is 11.2. The molecule has 5 heteroatoms. The van der Waals surface area contributed by atoms with Gasteiger partial charge in [0.1, 0.15) is 11.4 Å². The molecule has 0 saturated carbocycles. The van der Waals surface area contributed by atoms with E-state index in [2.05, 4.69) is 100 Å². The monoisotopic (exact) mass is 422 g/mol. The maximum atomic E-state index is 5.18. The Morgan fingerprint density at radius 3 is 2.25 bits per heavy atom. The zero-order valence-corrected chi connectivity index (χ0v) is 19.1. The normalized spacial score (nSPS) is 17.7. The zero-order chi connectivity index (χ0) is 22.3. The van der Waals surface area contributed by atoms with Crippen LogP contribution in [0.5, 0.6) is 0 Å². The van der Waals surface area contributed by atoms with Crippen molar-refractivity contribution in [2.75, 3.05) is 0 Å². The topological polar surface area (TPSA) is 47.0 Å². The predicted octanol–water partition coefficient (Wildman–Crippen LogP) is 4.72. The molecule has 0 N–H and O–H groups in total. The number of aliphatic imine (C=N–C) groups is 1. The zero-order valence-electron chi connectivity index (χ0n) is 19.1. The average Bonchev–Trinajstić information content (AvgIpc) is 3.25. The number of tetrazole rings is 1. The van der Waals surface area contributed by atoms with Crippen LogP contribution in [-0.4, -0.2) is 26.2 Å². The molecule has 4 aromatic rings. The fraction of sp³-hybridized carbons (Fsp3) is 0.259. The summed E-state index contributed by atoms with van der Waals surface area (Å²) in [6.07, 6.45) is 1.89. The number of fused-ring (bicyclic) bond motifs is 1. The minimum Gasteiger partial charge on any atom is -0.272 e. The molecule has 5 rings (SSSR count). The number of benzene rings is 3. The number of aromatic nitrogens is 4. The van der Waals surface area contributed by atoms with E-state index in [0.717, 1.165) is 35.5 Å². The maximum Gasteiger partial charge on any atom is 0.358 e. The van der Waals surface area contributed by atoms with Crippen LogP contribution in [-0.2, 0) is 6.42 Å². The molecule has 2 heterocycles. The van der Waals surface area contributed by atoms with Gasteiger partial charge in [-0.05, 0) is 73.3 Å². The van der Waals surface area contributed by atoms with Gasteiger partial charge in [-0.25, -0.2) is 0 Å². The van der Waals surface area contributed by atoms with Crippen molar-refractivity contribution in [2.45, 2.75) is 46.1 Å². The lowest BCUT2D eigenvalue weighted by Crippen LogP contribution is -2.43. The van der Waals surface area contributed by atoms with E-state index in [4.69, 9.17) is 15.2 Å². The molecule has 1 aliphatic heterocycles. The molecule has 5 nitrogen and oxygen atoms in total. The molecule has 0 spiro atoms. The van der Waals surface area contributed by atoms with Crippen LogP contribution >= 0.6 is 0 Å². The van der Waals surface area contributed by atoms with Gasteiger partial charge >= 0.3 is 5.82 Å². The molecular weight excluding hydrogens is 394 g/mol. The van der Waals surface area contributed by atoms with Gasteiger partial charge in [0.05, 0.1) is 10.6 Å². The molecule has 0 amide bonds. The van der Waals surface area contributed by atoms with Crippen LogP contribution in [0.25, 0.3) is 11.4 Å². The Hall–Kier alpha value is -3.60. The smallest absolute Gasteiger partial charge is 0.272 e. The first-order valence-electron chi connectivity index (χ1n) is 11.2. The lowest BCUT2D eigenvalue weighted by molar-refractivity contribution is -0.735. The Morgan fingerprint density at radius 2 is 1.56 bits per heavy atom. The summed E-state index contributed by atoms with van der Waals surface area (Å²) in [5.41, 5.74) is 7.46. The van der Waals surface area contributed by atoms with E-state index in [1.54, 1.807) is 0 Å². The lowest BCUT2D eigenvalue weighted by Gasteiger charge is -2.29. The van der Waals surface area contributed by atoms with Crippen molar-refractivity contribution in [3.8, 4) is 11.4 Å². The molecule has 0 bridgehead atoms. The van der Waals surface area contributed by atoms with Crippen molar-refractivity contribution in [1.82, 2.24) is 15.0 Å². The van der Waals surface area contributed by atoms with Gasteiger partial charge in [0.15, 0.2) is 5.69 Å². The summed E-state index contributed by atoms with van der Waals surface area (Å²) in [5, 5.41) is 9.94. The minimum atomic E-state index is -0.159. The molecule has 1 aromatic heterocycles. The summed E-state index contributed by atoms with van der Waals surface area (Å²) < 4.78 is 0. The highest BCUT2D eigenvalue weighted by molar-refractivity contribution is 6.12. The van der Waals surface area contributed by atoms with Crippen molar-refractivity contribution in [3.63, 3.8) is 0 Å². The summed E-state index contributed by atoms with van der Waals surface area (Å²) in [5.74, 6) is 0.637. The second-order valence-electron chi connectivity index (χ2n) is 8.92. The molecule has 1 atom stereocenters. The highest BCUT2D eigenvalue weighted by atomic mass is 15.7. The lowest BCUT2D eigenvalue weighted by atomic mass is 9.84. The summed E-state index contributed by atoms with van der Waals surface area (Å²) in [7, 11) is 0. The maximum absolute atomic E-state index is 5.18. The quantitative estimate of drug-likeness (QED) is 0.447. The molecule has 0 radical (unpaired) electrons. The summed E-state index contributed by atoms with van der Waals surface area (Å²) in [4.78, 5) is 8.91. The second-order valence-corrected chi connectivity index (χ2v) is 8.92. The van der Waals surface area contributed by atoms with Crippen molar-refractivity contribution >= 4 is 5.71 Å². The van der Waals surface area contributed by atoms with Crippen molar-refractivity contribution in [1.29, 1.82) is 0 Å². The SMILES string of the molecule is CC[C@]1(C)Cc2ccccc2C(c2nn(-c3ccc(C)cc3)[n+](-c3ccc(C)cc3)n2)=N1. The van der Waals surface area contributed by atoms with Crippen LogP contribution in [0.4, 0.5) is 0 Å². The van der Waals surface area contributed by atoms with Crippen LogP contribution in [0.2, 0.25) is 0 Å². The fourth-order valence-corrected chi connectivity index (χ4v) is 4.13. The third-order valence-corrected chi connectivity index (χ3v) is 6.29. The molecule has 160 valence electrons. The molecule has 1 aliphatic rings. The Bertz CT molecular complexity index is 1240. The number of hydrogen-bond acceptors (Lipinski definition) is 3. The van der Waals surface area contributed by atoms with Gasteiger partial charge in [-0.1, -0.05) is 66.6 Å². The standard InChI is InChI=1S/C27H28N5/c1-5-27(4)18-21-8-6-7-9-24(21)25(28-27)26-29-31(22-14-10-19(2)11-15-22)32(30-26)23-16-12-20(3)13-17-23/h6-17H,5,18H2,1-4H3/q+1/t27-/m1/s1. The van der Waals surface area contributed by atoms with E-state index in [9.17, 15) is 0 Å². The van der Waals surface area contributed by atoms with Crippen molar-refractivity contribution in [3.05, 3.63) is 101 Å². The Balaban J connectivity index is 1.72. The van der Waals surface area contributed by atoms with Crippen LogP contribution in [0.1, 0.15) is 48.3 Å². The number of nitrogens with zero attached hydrogens (tertiary/aromatic N) is 5. The minimum absolute atomic E-state index is 0.159. The molecule has 0 aliphatic carbocycles. The van der Waals surface area contributed by atoms with Gasteiger partial charge in [0, 0.05) is 10.4 Å². The van der Waals surface area contributed by atoms with E-state index in [1.165, 1.54) is 16.7 Å². The Kier molecular flexibility index (Phi) is 4.97. The van der Waals surface area contributed by atoms with E-state index in [0.29, 0.717) is 5.82 Å². The van der Waals surface area contributed by atoms with Crippen LogP contribution in [0.15, 0.2) is 77.8 Å². The van der Waals surface area contributed by atoms with Crippen LogP contribution < -0.4 is 4.80 Å². The Morgan fingerprint density at radius 1 is 0.906 bits per heavy atom. The Labute approximate surface area is 189 Å². The fourth-order valence-electron chi connectivity index (χ4n) is 4.13. The summed E-state index contributed by atoms with van der Waals surface area (Å²) >= 11 is 0. The van der Waals surface area contributed by atoms with E-state index in [-0.39, 0.29) is 5.54 Å². The van der Waals surface area contributed by atoms with Crippen LogP contribution in [0, 0.1) is 13.8 Å². The first kappa shape index (κ1) is 20.3. The van der Waals surface area contributed by atoms with Gasteiger partial charge in [0.2, 0.25) is 0 Å². The third-order valence-electron chi connectivity index (χ3n) is 6.29. The summed E-state index contributed by atoms with van der Waals surface area (Å²) in [6.45, 7) is 8.58. The van der Waals surface area contributed by atoms with Crippen molar-refractivity contribution in [2.24, 2.45) is 4.99 Å². The van der Waals surface area contributed by atoms with Gasteiger partial charge in [-0.3, -0.25) is 4.99 Å². The molecule has 32 heavy (non-hydrogen) atoms. The van der Waals surface area contributed by atoms with Crippen molar-refractivity contribution < 1.29 is 4.80 Å². The van der Waals surface area contributed by atoms with E-state index in [1.807, 2.05) is 9.59 Å². The van der Waals surface area contributed by atoms with E-state index < -0.39 is 0 Å². The largest absolute Gasteiger partial charge is 0.358 e. The van der Waals surface area contributed by atoms with Gasteiger partial charge < -0.3 is 0 Å². The highest BCUT2D eigenvalue weighted by Crippen LogP contribution is 2.31. The predicted molar refractivity (Wildman–Crippen MR) is 127 cm³/mol.